The van der Waals surface area contributed by atoms with Crippen LogP contribution in [0.3, 0.4) is 0 Å². The molecule has 3 aliphatic carbocycles. The molecule has 0 aromatic carbocycles. The maximum Gasteiger partial charge on any atom is 0.222 e. The Morgan fingerprint density at radius 2 is 2.27 bits per heavy atom. The van der Waals surface area contributed by atoms with Gasteiger partial charge in [0.2, 0.25) is 5.88 Å². The zero-order valence-electron chi connectivity index (χ0n) is 6.21. The van der Waals surface area contributed by atoms with Gasteiger partial charge in [-0.2, -0.15) is 0 Å². The van der Waals surface area contributed by atoms with Gasteiger partial charge in [0, 0.05) is 11.5 Å². The first kappa shape index (κ1) is 5.63. The van der Waals surface area contributed by atoms with Crippen LogP contribution in [-0.4, -0.2) is 5.16 Å². The first-order valence-electron chi connectivity index (χ1n) is 4.01. The second kappa shape index (κ2) is 1.44. The number of nitrogen functional groups attached to an aromatic ring is 1. The molecule has 3 fully saturated rings. The Bertz CT molecular complexity index is 288. The molecule has 0 unspecified atom stereocenters. The van der Waals surface area contributed by atoms with E-state index in [1.807, 2.05) is 6.07 Å². The van der Waals surface area contributed by atoms with Crippen LogP contribution in [0.5, 0.6) is 0 Å². The monoisotopic (exact) mass is 150 g/mol. The Labute approximate surface area is 64.5 Å². The molecule has 1 heterocycles. The quantitative estimate of drug-likeness (QED) is 0.656. The topological polar surface area (TPSA) is 52.0 Å². The summed E-state index contributed by atoms with van der Waals surface area (Å²) in [6.07, 6.45) is 3.91. The number of nitrogens with two attached hydrogens (primary N) is 1. The highest BCUT2D eigenvalue weighted by atomic mass is 16.5. The molecule has 0 aliphatic heterocycles. The van der Waals surface area contributed by atoms with Crippen LogP contribution in [0.4, 0.5) is 5.88 Å². The second-order valence-electron chi connectivity index (χ2n) is 3.87. The first-order valence-corrected chi connectivity index (χ1v) is 4.01. The third-order valence-corrected chi connectivity index (χ3v) is 3.11. The molecular weight excluding hydrogens is 140 g/mol. The zero-order valence-corrected chi connectivity index (χ0v) is 6.21. The highest BCUT2D eigenvalue weighted by Crippen LogP contribution is 2.64. The van der Waals surface area contributed by atoms with Crippen molar-refractivity contribution in [1.82, 2.24) is 5.16 Å². The van der Waals surface area contributed by atoms with Gasteiger partial charge in [-0.1, -0.05) is 5.16 Å². The summed E-state index contributed by atoms with van der Waals surface area (Å²) in [6, 6.07) is 1.87. The van der Waals surface area contributed by atoms with E-state index in [4.69, 9.17) is 10.3 Å². The maximum atomic E-state index is 5.44. The Kier molecular flexibility index (Phi) is 0.739. The Morgan fingerprint density at radius 3 is 2.64 bits per heavy atom. The van der Waals surface area contributed by atoms with Gasteiger partial charge in [0.1, 0.15) is 0 Å². The normalized spacial score (nSPS) is 39.5. The van der Waals surface area contributed by atoms with Gasteiger partial charge in [-0.3, -0.25) is 0 Å². The number of nitrogens with zero attached hydrogens (tertiary/aromatic N) is 1. The lowest BCUT2D eigenvalue weighted by Gasteiger charge is -2.60. The van der Waals surface area contributed by atoms with Gasteiger partial charge in [-0.25, -0.2) is 0 Å². The predicted molar refractivity (Wildman–Crippen MR) is 39.9 cm³/mol. The average molecular weight is 150 g/mol. The van der Waals surface area contributed by atoms with Gasteiger partial charge in [0.25, 0.3) is 0 Å². The van der Waals surface area contributed by atoms with Crippen molar-refractivity contribution in [2.45, 2.75) is 24.7 Å². The van der Waals surface area contributed by atoms with E-state index in [0.29, 0.717) is 11.3 Å². The van der Waals surface area contributed by atoms with E-state index in [-0.39, 0.29) is 0 Å². The molecule has 3 heteroatoms. The lowest BCUT2D eigenvalue weighted by molar-refractivity contribution is -0.0328. The molecule has 2 bridgehead atoms. The van der Waals surface area contributed by atoms with Crippen molar-refractivity contribution in [3.05, 3.63) is 11.8 Å². The Hall–Kier alpha value is -0.990. The minimum absolute atomic E-state index is 0.395. The van der Waals surface area contributed by atoms with Crippen LogP contribution in [0.25, 0.3) is 0 Å². The fraction of sp³-hybridized carbons (Fsp3) is 0.625. The second-order valence-corrected chi connectivity index (χ2v) is 3.87. The van der Waals surface area contributed by atoms with Gasteiger partial charge in [-0.05, 0) is 25.2 Å². The smallest absolute Gasteiger partial charge is 0.222 e. The summed E-state index contributed by atoms with van der Waals surface area (Å²) in [6.45, 7) is 0. The molecule has 0 amide bonds. The minimum Gasteiger partial charge on any atom is -0.368 e. The van der Waals surface area contributed by atoms with Crippen LogP contribution in [0, 0.1) is 5.92 Å². The van der Waals surface area contributed by atoms with E-state index in [1.54, 1.807) is 0 Å². The number of hydrogen-bond acceptors (Lipinski definition) is 3. The van der Waals surface area contributed by atoms with Crippen molar-refractivity contribution in [3.8, 4) is 0 Å². The van der Waals surface area contributed by atoms with Crippen molar-refractivity contribution >= 4 is 5.88 Å². The summed E-state index contributed by atoms with van der Waals surface area (Å²) >= 11 is 0. The van der Waals surface area contributed by atoms with Gasteiger partial charge in [0.15, 0.2) is 0 Å². The minimum atomic E-state index is 0.395. The summed E-state index contributed by atoms with van der Waals surface area (Å²) < 4.78 is 4.84. The number of aromatic nitrogens is 1. The number of hydrogen-bond donors (Lipinski definition) is 1. The molecular formula is C8H10N2O. The SMILES string of the molecule is Nc1cc(C23CC(C2)C3)no1. The van der Waals surface area contributed by atoms with Gasteiger partial charge < -0.3 is 10.3 Å². The number of anilines is 1. The van der Waals surface area contributed by atoms with E-state index in [0.717, 1.165) is 11.6 Å². The highest BCUT2D eigenvalue weighted by Gasteiger charge is 2.59. The van der Waals surface area contributed by atoms with Crippen LogP contribution in [0.15, 0.2) is 10.6 Å². The molecule has 11 heavy (non-hydrogen) atoms. The molecule has 2 N–H and O–H groups in total. The van der Waals surface area contributed by atoms with Crippen LogP contribution >= 0.6 is 0 Å². The summed E-state index contributed by atoms with van der Waals surface area (Å²) in [5.74, 6) is 1.43. The van der Waals surface area contributed by atoms with Gasteiger partial charge in [0.05, 0.1) is 5.69 Å². The van der Waals surface area contributed by atoms with Crippen LogP contribution < -0.4 is 5.73 Å². The number of rotatable bonds is 1. The van der Waals surface area contributed by atoms with Crippen molar-refractivity contribution in [2.75, 3.05) is 5.73 Å². The summed E-state index contributed by atoms with van der Waals surface area (Å²) in [4.78, 5) is 0. The van der Waals surface area contributed by atoms with E-state index in [1.165, 1.54) is 19.3 Å². The molecule has 3 nitrogen and oxygen atoms in total. The molecule has 0 saturated heterocycles. The van der Waals surface area contributed by atoms with Gasteiger partial charge in [-0.15, -0.1) is 0 Å². The Balaban J connectivity index is 1.99. The third-order valence-electron chi connectivity index (χ3n) is 3.11. The molecule has 3 aliphatic rings. The van der Waals surface area contributed by atoms with Crippen LogP contribution in [-0.2, 0) is 5.41 Å². The van der Waals surface area contributed by atoms with E-state index in [2.05, 4.69) is 5.16 Å². The zero-order chi connectivity index (χ0) is 7.47. The maximum absolute atomic E-state index is 5.44. The van der Waals surface area contributed by atoms with Gasteiger partial charge >= 0.3 is 0 Å². The van der Waals surface area contributed by atoms with E-state index in [9.17, 15) is 0 Å². The third kappa shape index (κ3) is 0.526. The molecule has 1 aromatic rings. The summed E-state index contributed by atoms with van der Waals surface area (Å²) in [7, 11) is 0. The van der Waals surface area contributed by atoms with Crippen LogP contribution in [0.2, 0.25) is 0 Å². The van der Waals surface area contributed by atoms with Crippen molar-refractivity contribution in [2.24, 2.45) is 5.92 Å². The lowest BCUT2D eigenvalue weighted by atomic mass is 9.43. The molecule has 1 aromatic heterocycles. The summed E-state index contributed by atoms with van der Waals surface area (Å²) in [5, 5.41) is 3.95. The highest BCUT2D eigenvalue weighted by molar-refractivity contribution is 5.35. The predicted octanol–water partition coefficient (Wildman–Crippen LogP) is 1.31. The van der Waals surface area contributed by atoms with Crippen molar-refractivity contribution < 1.29 is 4.52 Å². The van der Waals surface area contributed by atoms with Crippen molar-refractivity contribution in [3.63, 3.8) is 0 Å². The first-order chi connectivity index (χ1) is 5.28. The molecule has 0 radical (unpaired) electrons. The van der Waals surface area contributed by atoms with Crippen molar-refractivity contribution in [1.29, 1.82) is 0 Å². The summed E-state index contributed by atoms with van der Waals surface area (Å²) in [5.41, 5.74) is 6.92. The fourth-order valence-corrected chi connectivity index (χ4v) is 2.33. The largest absolute Gasteiger partial charge is 0.368 e. The van der Waals surface area contributed by atoms with E-state index < -0.39 is 0 Å². The lowest BCUT2D eigenvalue weighted by Crippen LogP contribution is -2.55. The molecule has 0 spiro atoms. The average Bonchev–Trinajstić information content (AvgIpc) is 2.06. The van der Waals surface area contributed by atoms with E-state index >= 15 is 0 Å². The molecule has 58 valence electrons. The molecule has 0 atom stereocenters. The standard InChI is InChI=1S/C8H10N2O/c9-7-1-6(10-11-7)8-2-5(3-8)4-8/h1,5H,2-4,9H2. The fourth-order valence-electron chi connectivity index (χ4n) is 2.33. The molecule has 3 saturated carbocycles. The molecule has 4 rings (SSSR count). The van der Waals surface area contributed by atoms with Crippen LogP contribution in [0.1, 0.15) is 25.0 Å². The Morgan fingerprint density at radius 1 is 1.55 bits per heavy atom.